The largest absolute Gasteiger partial charge is 0.497 e. The van der Waals surface area contributed by atoms with E-state index in [9.17, 15) is 0 Å². The van der Waals surface area contributed by atoms with E-state index in [1.807, 2.05) is 49.4 Å². The van der Waals surface area contributed by atoms with E-state index in [1.165, 1.54) is 0 Å². The van der Waals surface area contributed by atoms with Crippen molar-refractivity contribution in [3.8, 4) is 11.5 Å². The fourth-order valence-corrected chi connectivity index (χ4v) is 1.64. The van der Waals surface area contributed by atoms with Crippen LogP contribution in [0.4, 0.5) is 5.69 Å². The van der Waals surface area contributed by atoms with Gasteiger partial charge in [0.15, 0.2) is 0 Å². The van der Waals surface area contributed by atoms with E-state index in [0.29, 0.717) is 6.61 Å². The van der Waals surface area contributed by atoms with Crippen LogP contribution in [0.1, 0.15) is 11.1 Å². The molecule has 0 atom stereocenters. The van der Waals surface area contributed by atoms with E-state index in [0.717, 1.165) is 28.3 Å². The van der Waals surface area contributed by atoms with Crippen LogP contribution in [0.25, 0.3) is 0 Å². The number of benzene rings is 2. The van der Waals surface area contributed by atoms with Gasteiger partial charge in [0.2, 0.25) is 0 Å². The first-order chi connectivity index (χ1) is 8.69. The predicted octanol–water partition coefficient (Wildman–Crippen LogP) is 3.16. The summed E-state index contributed by atoms with van der Waals surface area (Å²) in [5.74, 6) is 1.57. The lowest BCUT2D eigenvalue weighted by Crippen LogP contribution is -1.98. The summed E-state index contributed by atoms with van der Waals surface area (Å²) in [5.41, 5.74) is 8.79. The molecule has 0 aliphatic carbocycles. The van der Waals surface area contributed by atoms with Gasteiger partial charge in [-0.2, -0.15) is 0 Å². The van der Waals surface area contributed by atoms with Crippen LogP contribution in [-0.2, 0) is 6.61 Å². The first-order valence-electron chi connectivity index (χ1n) is 5.81. The number of anilines is 1. The Morgan fingerprint density at radius 1 is 1.06 bits per heavy atom. The molecular weight excluding hydrogens is 226 g/mol. The quantitative estimate of drug-likeness (QED) is 0.839. The minimum atomic E-state index is 0.498. The maximum atomic E-state index is 5.86. The Kier molecular flexibility index (Phi) is 3.72. The molecule has 0 amide bonds. The zero-order chi connectivity index (χ0) is 13.0. The second-order valence-electron chi connectivity index (χ2n) is 4.16. The SMILES string of the molecule is COc1cccc(OCc2ccc(C)c(N)c2)c1. The molecule has 2 aromatic rings. The summed E-state index contributed by atoms with van der Waals surface area (Å²) in [4.78, 5) is 0. The normalized spacial score (nSPS) is 10.1. The minimum Gasteiger partial charge on any atom is -0.497 e. The molecule has 0 saturated carbocycles. The van der Waals surface area contributed by atoms with Crippen LogP contribution in [-0.4, -0.2) is 7.11 Å². The van der Waals surface area contributed by atoms with Crippen molar-refractivity contribution < 1.29 is 9.47 Å². The van der Waals surface area contributed by atoms with E-state index >= 15 is 0 Å². The van der Waals surface area contributed by atoms with Gasteiger partial charge in [-0.25, -0.2) is 0 Å². The fraction of sp³-hybridized carbons (Fsp3) is 0.200. The maximum absolute atomic E-state index is 5.86. The second-order valence-corrected chi connectivity index (χ2v) is 4.16. The van der Waals surface area contributed by atoms with Crippen LogP contribution >= 0.6 is 0 Å². The number of hydrogen-bond donors (Lipinski definition) is 1. The van der Waals surface area contributed by atoms with E-state index in [4.69, 9.17) is 15.2 Å². The molecule has 2 N–H and O–H groups in total. The second kappa shape index (κ2) is 5.45. The number of methoxy groups -OCH3 is 1. The van der Waals surface area contributed by atoms with Crippen molar-refractivity contribution in [3.05, 3.63) is 53.6 Å². The monoisotopic (exact) mass is 243 g/mol. The van der Waals surface area contributed by atoms with Crippen LogP contribution in [0.5, 0.6) is 11.5 Å². The topological polar surface area (TPSA) is 44.5 Å². The zero-order valence-corrected chi connectivity index (χ0v) is 10.6. The van der Waals surface area contributed by atoms with Gasteiger partial charge >= 0.3 is 0 Å². The maximum Gasteiger partial charge on any atom is 0.123 e. The summed E-state index contributed by atoms with van der Waals surface area (Å²) < 4.78 is 10.8. The van der Waals surface area contributed by atoms with Crippen molar-refractivity contribution in [1.82, 2.24) is 0 Å². The van der Waals surface area contributed by atoms with E-state index in [-0.39, 0.29) is 0 Å². The highest BCUT2D eigenvalue weighted by Crippen LogP contribution is 2.20. The third-order valence-corrected chi connectivity index (χ3v) is 2.79. The third kappa shape index (κ3) is 2.94. The molecule has 2 aromatic carbocycles. The zero-order valence-electron chi connectivity index (χ0n) is 10.6. The molecule has 18 heavy (non-hydrogen) atoms. The van der Waals surface area contributed by atoms with Crippen molar-refractivity contribution in [2.75, 3.05) is 12.8 Å². The molecule has 0 radical (unpaired) electrons. The molecule has 3 heteroatoms. The molecule has 3 nitrogen and oxygen atoms in total. The number of aryl methyl sites for hydroxylation is 1. The summed E-state index contributed by atoms with van der Waals surface area (Å²) >= 11 is 0. The van der Waals surface area contributed by atoms with Crippen molar-refractivity contribution in [2.24, 2.45) is 0 Å². The fourth-order valence-electron chi connectivity index (χ4n) is 1.64. The van der Waals surface area contributed by atoms with Gasteiger partial charge in [-0.3, -0.25) is 0 Å². The van der Waals surface area contributed by atoms with E-state index in [2.05, 4.69) is 0 Å². The van der Waals surface area contributed by atoms with E-state index < -0.39 is 0 Å². The molecule has 0 aromatic heterocycles. The van der Waals surface area contributed by atoms with Gasteiger partial charge in [-0.15, -0.1) is 0 Å². The van der Waals surface area contributed by atoms with Crippen molar-refractivity contribution in [3.63, 3.8) is 0 Å². The first kappa shape index (κ1) is 12.3. The number of ether oxygens (including phenoxy) is 2. The summed E-state index contributed by atoms with van der Waals surface area (Å²) in [6.07, 6.45) is 0. The molecule has 2 rings (SSSR count). The predicted molar refractivity (Wildman–Crippen MR) is 72.9 cm³/mol. The highest BCUT2D eigenvalue weighted by atomic mass is 16.5. The van der Waals surface area contributed by atoms with Gasteiger partial charge in [0, 0.05) is 11.8 Å². The molecule has 94 valence electrons. The molecule has 0 bridgehead atoms. The van der Waals surface area contributed by atoms with Crippen LogP contribution in [0.3, 0.4) is 0 Å². The van der Waals surface area contributed by atoms with Crippen LogP contribution in [0.15, 0.2) is 42.5 Å². The lowest BCUT2D eigenvalue weighted by molar-refractivity contribution is 0.303. The minimum absolute atomic E-state index is 0.498. The first-order valence-corrected chi connectivity index (χ1v) is 5.81. The molecule has 0 saturated heterocycles. The number of rotatable bonds is 4. The average Bonchev–Trinajstić information content (AvgIpc) is 2.40. The standard InChI is InChI=1S/C15H17NO2/c1-11-6-7-12(8-15(11)16)10-18-14-5-3-4-13(9-14)17-2/h3-9H,10,16H2,1-2H3. The summed E-state index contributed by atoms with van der Waals surface area (Å²) in [7, 11) is 1.64. The third-order valence-electron chi connectivity index (χ3n) is 2.79. The smallest absolute Gasteiger partial charge is 0.123 e. The van der Waals surface area contributed by atoms with Gasteiger partial charge in [0.25, 0.3) is 0 Å². The van der Waals surface area contributed by atoms with Crippen LogP contribution in [0, 0.1) is 6.92 Å². The Morgan fingerprint density at radius 3 is 2.56 bits per heavy atom. The van der Waals surface area contributed by atoms with Crippen LogP contribution < -0.4 is 15.2 Å². The van der Waals surface area contributed by atoms with Gasteiger partial charge in [0.1, 0.15) is 18.1 Å². The lowest BCUT2D eigenvalue weighted by atomic mass is 10.1. The molecule has 0 aliphatic rings. The van der Waals surface area contributed by atoms with Crippen molar-refractivity contribution in [2.45, 2.75) is 13.5 Å². The Labute approximate surface area is 107 Å². The summed E-state index contributed by atoms with van der Waals surface area (Å²) in [5, 5.41) is 0. The Morgan fingerprint density at radius 2 is 1.83 bits per heavy atom. The van der Waals surface area contributed by atoms with Crippen molar-refractivity contribution >= 4 is 5.69 Å². The molecule has 0 spiro atoms. The molecular formula is C15H17NO2. The highest BCUT2D eigenvalue weighted by Gasteiger charge is 2.00. The molecule has 0 fully saturated rings. The van der Waals surface area contributed by atoms with Gasteiger partial charge < -0.3 is 15.2 Å². The Balaban J connectivity index is 2.04. The average molecular weight is 243 g/mol. The number of nitrogens with two attached hydrogens (primary N) is 1. The van der Waals surface area contributed by atoms with Crippen LogP contribution in [0.2, 0.25) is 0 Å². The number of hydrogen-bond acceptors (Lipinski definition) is 3. The molecule has 0 heterocycles. The van der Waals surface area contributed by atoms with E-state index in [1.54, 1.807) is 7.11 Å². The number of nitrogen functional groups attached to an aromatic ring is 1. The highest BCUT2D eigenvalue weighted by molar-refractivity contribution is 5.48. The van der Waals surface area contributed by atoms with Gasteiger partial charge in [-0.1, -0.05) is 18.2 Å². The Bertz CT molecular complexity index is 538. The summed E-state index contributed by atoms with van der Waals surface area (Å²) in [6.45, 7) is 2.49. The lowest BCUT2D eigenvalue weighted by Gasteiger charge is -2.09. The molecule has 0 unspecified atom stereocenters. The Hall–Kier alpha value is -2.16. The van der Waals surface area contributed by atoms with Gasteiger partial charge in [0.05, 0.1) is 7.11 Å². The summed E-state index contributed by atoms with van der Waals surface area (Å²) in [6, 6.07) is 13.5. The van der Waals surface area contributed by atoms with Gasteiger partial charge in [-0.05, 0) is 36.2 Å². The van der Waals surface area contributed by atoms with Crippen molar-refractivity contribution in [1.29, 1.82) is 0 Å². The molecule has 0 aliphatic heterocycles.